The second-order valence-corrected chi connectivity index (χ2v) is 3.95. The fraction of sp³-hybridized carbons (Fsp3) is 0.800. The molecule has 1 fully saturated rings. The third-order valence-electron chi connectivity index (χ3n) is 2.68. The van der Waals surface area contributed by atoms with Gasteiger partial charge in [0.25, 0.3) is 0 Å². The van der Waals surface area contributed by atoms with E-state index in [0.29, 0.717) is 5.92 Å². The lowest BCUT2D eigenvalue weighted by Crippen LogP contribution is -2.05. The average molecular weight is 195 g/mol. The van der Waals surface area contributed by atoms with Gasteiger partial charge in [0.1, 0.15) is 11.9 Å². The van der Waals surface area contributed by atoms with Crippen LogP contribution < -0.4 is 0 Å². The van der Waals surface area contributed by atoms with Gasteiger partial charge in [0, 0.05) is 13.0 Å². The Morgan fingerprint density at radius 2 is 2.43 bits per heavy atom. The minimum absolute atomic E-state index is 0.108. The van der Waals surface area contributed by atoms with Gasteiger partial charge in [0.2, 0.25) is 0 Å². The first-order chi connectivity index (χ1) is 6.81. The minimum Gasteiger partial charge on any atom is -0.370 e. The Balaban J connectivity index is 2.08. The largest absolute Gasteiger partial charge is 0.370 e. The van der Waals surface area contributed by atoms with Gasteiger partial charge in [-0.1, -0.05) is 13.8 Å². The quantitative estimate of drug-likeness (QED) is 0.800. The highest BCUT2D eigenvalue weighted by Crippen LogP contribution is 2.31. The number of aryl methyl sites for hydroxylation is 1. The fourth-order valence-corrected chi connectivity index (χ4v) is 1.81. The van der Waals surface area contributed by atoms with Gasteiger partial charge in [0.05, 0.1) is 0 Å². The molecule has 1 saturated heterocycles. The number of H-pyrrole nitrogens is 1. The maximum atomic E-state index is 5.60. The molecule has 1 N–H and O–H groups in total. The van der Waals surface area contributed by atoms with Crippen molar-refractivity contribution in [3.05, 3.63) is 11.6 Å². The summed E-state index contributed by atoms with van der Waals surface area (Å²) in [6.07, 6.45) is 3.28. The molecule has 78 valence electrons. The summed E-state index contributed by atoms with van der Waals surface area (Å²) in [5, 5.41) is 7.17. The third kappa shape index (κ3) is 1.80. The molecule has 0 saturated carbocycles. The van der Waals surface area contributed by atoms with Crippen LogP contribution in [0.25, 0.3) is 0 Å². The highest BCUT2D eigenvalue weighted by atomic mass is 16.5. The topological polar surface area (TPSA) is 50.8 Å². The molecule has 2 atom stereocenters. The fourth-order valence-electron chi connectivity index (χ4n) is 1.81. The third-order valence-corrected chi connectivity index (χ3v) is 2.68. The van der Waals surface area contributed by atoms with Crippen molar-refractivity contribution in [2.75, 3.05) is 6.61 Å². The van der Waals surface area contributed by atoms with Crippen LogP contribution in [-0.2, 0) is 11.2 Å². The van der Waals surface area contributed by atoms with Crippen LogP contribution in [0, 0.1) is 5.92 Å². The highest BCUT2D eigenvalue weighted by Gasteiger charge is 2.29. The van der Waals surface area contributed by atoms with E-state index in [1.54, 1.807) is 0 Å². The summed E-state index contributed by atoms with van der Waals surface area (Å²) < 4.78 is 5.60. The Morgan fingerprint density at radius 1 is 1.57 bits per heavy atom. The van der Waals surface area contributed by atoms with E-state index in [9.17, 15) is 0 Å². The van der Waals surface area contributed by atoms with E-state index in [-0.39, 0.29) is 6.10 Å². The van der Waals surface area contributed by atoms with Crippen LogP contribution in [0.5, 0.6) is 0 Å². The number of nitrogens with zero attached hydrogens (tertiary/aromatic N) is 2. The monoisotopic (exact) mass is 195 g/mol. The van der Waals surface area contributed by atoms with Gasteiger partial charge >= 0.3 is 0 Å². The molecule has 1 aromatic heterocycles. The second kappa shape index (κ2) is 4.09. The van der Waals surface area contributed by atoms with Crippen LogP contribution in [0.4, 0.5) is 0 Å². The van der Waals surface area contributed by atoms with E-state index in [1.807, 2.05) is 0 Å². The van der Waals surface area contributed by atoms with E-state index >= 15 is 0 Å². The number of aromatic amines is 1. The number of hydrogen-bond donors (Lipinski definition) is 1. The molecular formula is C10H17N3O. The Hall–Kier alpha value is -0.900. The SMILES string of the molecule is CCCc1nc(C2OCCC2C)n[nH]1. The van der Waals surface area contributed by atoms with Crippen molar-refractivity contribution in [1.29, 1.82) is 0 Å². The zero-order valence-corrected chi connectivity index (χ0v) is 8.79. The molecule has 4 nitrogen and oxygen atoms in total. The molecule has 2 heterocycles. The van der Waals surface area contributed by atoms with Crippen molar-refractivity contribution in [2.45, 2.75) is 39.2 Å². The summed E-state index contributed by atoms with van der Waals surface area (Å²) in [6.45, 7) is 5.16. The predicted octanol–water partition coefficient (Wildman–Crippen LogP) is 1.85. The van der Waals surface area contributed by atoms with Crippen LogP contribution >= 0.6 is 0 Å². The molecule has 0 bridgehead atoms. The Labute approximate surface area is 84.1 Å². The Bertz CT molecular complexity index is 297. The number of ether oxygens (including phenoxy) is 1. The molecule has 4 heteroatoms. The maximum absolute atomic E-state index is 5.60. The van der Waals surface area contributed by atoms with E-state index in [2.05, 4.69) is 29.0 Å². The second-order valence-electron chi connectivity index (χ2n) is 3.95. The number of rotatable bonds is 3. The predicted molar refractivity (Wildman–Crippen MR) is 52.9 cm³/mol. The normalized spacial score (nSPS) is 27.0. The van der Waals surface area contributed by atoms with Crippen molar-refractivity contribution in [1.82, 2.24) is 15.2 Å². The first-order valence-electron chi connectivity index (χ1n) is 5.34. The summed E-state index contributed by atoms with van der Waals surface area (Å²) in [5.41, 5.74) is 0. The number of nitrogens with one attached hydrogen (secondary N) is 1. The van der Waals surface area contributed by atoms with E-state index in [1.165, 1.54) is 0 Å². The van der Waals surface area contributed by atoms with E-state index in [0.717, 1.165) is 37.5 Å². The van der Waals surface area contributed by atoms with Crippen molar-refractivity contribution in [2.24, 2.45) is 5.92 Å². The summed E-state index contributed by atoms with van der Waals surface area (Å²) in [6, 6.07) is 0. The smallest absolute Gasteiger partial charge is 0.179 e. The van der Waals surface area contributed by atoms with Crippen molar-refractivity contribution in [3.8, 4) is 0 Å². The standard InChI is InChI=1S/C10H17N3O/c1-3-4-8-11-10(13-12-8)9-7(2)5-6-14-9/h7,9H,3-6H2,1-2H3,(H,11,12,13). The zero-order valence-electron chi connectivity index (χ0n) is 8.79. The van der Waals surface area contributed by atoms with Crippen LogP contribution in [0.2, 0.25) is 0 Å². The zero-order chi connectivity index (χ0) is 9.97. The van der Waals surface area contributed by atoms with Gasteiger partial charge in [-0.15, -0.1) is 0 Å². The molecule has 0 aliphatic carbocycles. The molecule has 2 unspecified atom stereocenters. The lowest BCUT2D eigenvalue weighted by atomic mass is 10.0. The molecule has 1 aromatic rings. The lowest BCUT2D eigenvalue weighted by molar-refractivity contribution is 0.0875. The van der Waals surface area contributed by atoms with Crippen LogP contribution in [0.3, 0.4) is 0 Å². The average Bonchev–Trinajstić information content (AvgIpc) is 2.74. The molecule has 1 aliphatic rings. The van der Waals surface area contributed by atoms with Crippen molar-refractivity contribution in [3.63, 3.8) is 0 Å². The van der Waals surface area contributed by atoms with Crippen LogP contribution in [0.15, 0.2) is 0 Å². The Kier molecular flexibility index (Phi) is 2.82. The van der Waals surface area contributed by atoms with Crippen LogP contribution in [0.1, 0.15) is 44.4 Å². The summed E-state index contributed by atoms with van der Waals surface area (Å²) in [4.78, 5) is 4.44. The molecular weight excluding hydrogens is 178 g/mol. The van der Waals surface area contributed by atoms with Gasteiger partial charge in [-0.3, -0.25) is 5.10 Å². The molecule has 0 spiro atoms. The van der Waals surface area contributed by atoms with Crippen LogP contribution in [-0.4, -0.2) is 21.8 Å². The van der Waals surface area contributed by atoms with Gasteiger partial charge in [-0.25, -0.2) is 4.98 Å². The van der Waals surface area contributed by atoms with Gasteiger partial charge in [-0.2, -0.15) is 5.10 Å². The molecule has 0 aromatic carbocycles. The molecule has 0 amide bonds. The summed E-state index contributed by atoms with van der Waals surface area (Å²) in [5.74, 6) is 2.35. The van der Waals surface area contributed by atoms with E-state index < -0.39 is 0 Å². The van der Waals surface area contributed by atoms with Gasteiger partial charge in [0.15, 0.2) is 5.82 Å². The van der Waals surface area contributed by atoms with Gasteiger partial charge in [-0.05, 0) is 18.8 Å². The molecule has 0 radical (unpaired) electrons. The number of hydrogen-bond acceptors (Lipinski definition) is 3. The lowest BCUT2D eigenvalue weighted by Gasteiger charge is -2.09. The first-order valence-corrected chi connectivity index (χ1v) is 5.34. The van der Waals surface area contributed by atoms with Crippen molar-refractivity contribution >= 4 is 0 Å². The van der Waals surface area contributed by atoms with Gasteiger partial charge < -0.3 is 4.74 Å². The first kappa shape index (κ1) is 9.65. The van der Waals surface area contributed by atoms with E-state index in [4.69, 9.17) is 4.74 Å². The Morgan fingerprint density at radius 3 is 3.07 bits per heavy atom. The summed E-state index contributed by atoms with van der Waals surface area (Å²) >= 11 is 0. The molecule has 2 rings (SSSR count). The highest BCUT2D eigenvalue weighted by molar-refractivity contribution is 4.97. The minimum atomic E-state index is 0.108. The number of aromatic nitrogens is 3. The summed E-state index contributed by atoms with van der Waals surface area (Å²) in [7, 11) is 0. The maximum Gasteiger partial charge on any atom is 0.179 e. The molecule has 1 aliphatic heterocycles. The van der Waals surface area contributed by atoms with Crippen molar-refractivity contribution < 1.29 is 4.74 Å². The molecule has 14 heavy (non-hydrogen) atoms.